The number of halogens is 1. The average molecular weight is 445 g/mol. The van der Waals surface area contributed by atoms with Crippen LogP contribution in [0.2, 0.25) is 5.02 Å². The van der Waals surface area contributed by atoms with Gasteiger partial charge < -0.3 is 10.3 Å². The number of rotatable bonds is 4. The van der Waals surface area contributed by atoms with Crippen molar-refractivity contribution in [2.45, 2.75) is 19.4 Å². The third-order valence-electron chi connectivity index (χ3n) is 5.35. The number of anilines is 1. The van der Waals surface area contributed by atoms with Crippen LogP contribution in [0.5, 0.6) is 0 Å². The summed E-state index contributed by atoms with van der Waals surface area (Å²) in [6, 6.07) is 6.13. The number of nitrogens with one attached hydrogen (secondary N) is 1. The zero-order valence-electron chi connectivity index (χ0n) is 16.6. The fraction of sp³-hybridized carbons (Fsp3) is 0.300. The van der Waals surface area contributed by atoms with Crippen LogP contribution in [0.1, 0.15) is 23.6 Å². The number of nitrogens with two attached hydrogens (primary N) is 1. The molecule has 3 N–H and O–H groups in total. The predicted octanol–water partition coefficient (Wildman–Crippen LogP) is 2.83. The summed E-state index contributed by atoms with van der Waals surface area (Å²) in [6.45, 7) is 3.02. The third kappa shape index (κ3) is 3.75. The van der Waals surface area contributed by atoms with Crippen molar-refractivity contribution in [1.29, 1.82) is 5.26 Å². The number of fused-ring (bicyclic) bond motifs is 1. The van der Waals surface area contributed by atoms with Crippen LogP contribution in [0.25, 0.3) is 22.0 Å². The Morgan fingerprint density at radius 3 is 2.80 bits per heavy atom. The molecule has 2 aromatic heterocycles. The highest BCUT2D eigenvalue weighted by molar-refractivity contribution is 7.88. The first-order valence-electron chi connectivity index (χ1n) is 9.35. The van der Waals surface area contributed by atoms with Crippen molar-refractivity contribution in [3.05, 3.63) is 46.9 Å². The Kier molecular flexibility index (Phi) is 5.20. The summed E-state index contributed by atoms with van der Waals surface area (Å²) in [5.41, 5.74) is 10.3. The Balaban J connectivity index is 1.86. The SMILES string of the molecule is Cc1cc2c(cc1C#N)c(-c1cncc(N)c1Cl)cn2[C@H]1CCN(NS(C)(=O)=O)C1. The molecule has 8 nitrogen and oxygen atoms in total. The molecule has 156 valence electrons. The molecule has 1 aromatic carbocycles. The lowest BCUT2D eigenvalue weighted by atomic mass is 10.0. The van der Waals surface area contributed by atoms with Crippen molar-refractivity contribution in [3.63, 3.8) is 0 Å². The number of nitrogens with zero attached hydrogens (tertiary/aromatic N) is 4. The Hall–Kier alpha value is -2.64. The molecule has 1 atom stereocenters. The van der Waals surface area contributed by atoms with Gasteiger partial charge in [-0.25, -0.2) is 13.4 Å². The standard InChI is InChI=1S/C20H21ClN6O2S/c1-12-5-19-15(6-13(12)7-22)17(16-8-24-9-18(23)20(16)21)11-27(19)14-3-4-26(10-14)25-30(2,28)29/h5-6,8-9,11,14,25H,3-4,10,23H2,1-2H3/t14-/m0/s1. The summed E-state index contributed by atoms with van der Waals surface area (Å²) in [4.78, 5) is 6.73. The fourth-order valence-corrected chi connectivity index (χ4v) is 4.81. The summed E-state index contributed by atoms with van der Waals surface area (Å²) in [5, 5.41) is 12.5. The van der Waals surface area contributed by atoms with E-state index in [0.717, 1.165) is 34.7 Å². The smallest absolute Gasteiger partial charge is 0.221 e. The zero-order valence-corrected chi connectivity index (χ0v) is 18.1. The highest BCUT2D eigenvalue weighted by Crippen LogP contribution is 2.40. The van der Waals surface area contributed by atoms with E-state index in [1.807, 2.05) is 25.3 Å². The van der Waals surface area contributed by atoms with Crippen molar-refractivity contribution in [2.75, 3.05) is 25.1 Å². The monoisotopic (exact) mass is 444 g/mol. The molecule has 0 radical (unpaired) electrons. The number of hydrazine groups is 1. The van der Waals surface area contributed by atoms with E-state index in [4.69, 9.17) is 17.3 Å². The molecular weight excluding hydrogens is 424 g/mol. The molecule has 1 saturated heterocycles. The molecule has 10 heteroatoms. The lowest BCUT2D eigenvalue weighted by Crippen LogP contribution is -2.39. The number of pyridine rings is 1. The van der Waals surface area contributed by atoms with Crippen LogP contribution in [-0.4, -0.2) is 42.3 Å². The summed E-state index contributed by atoms with van der Waals surface area (Å²) < 4.78 is 25.3. The van der Waals surface area contributed by atoms with Crippen LogP contribution >= 0.6 is 11.6 Å². The Bertz CT molecular complexity index is 1290. The lowest BCUT2D eigenvalue weighted by Gasteiger charge is -2.17. The number of hydrogen-bond donors (Lipinski definition) is 2. The van der Waals surface area contributed by atoms with E-state index in [9.17, 15) is 13.7 Å². The molecule has 0 spiro atoms. The maximum Gasteiger partial charge on any atom is 0.221 e. The van der Waals surface area contributed by atoms with E-state index in [1.54, 1.807) is 11.2 Å². The van der Waals surface area contributed by atoms with Crippen LogP contribution in [0, 0.1) is 18.3 Å². The van der Waals surface area contributed by atoms with Gasteiger partial charge in [-0.1, -0.05) is 11.6 Å². The highest BCUT2D eigenvalue weighted by atomic mass is 35.5. The normalized spacial score (nSPS) is 17.5. The van der Waals surface area contributed by atoms with Gasteiger partial charge in [-0.2, -0.15) is 5.26 Å². The van der Waals surface area contributed by atoms with Crippen LogP contribution in [0.3, 0.4) is 0 Å². The Morgan fingerprint density at radius 1 is 1.33 bits per heavy atom. The molecule has 0 aliphatic carbocycles. The minimum atomic E-state index is -3.33. The van der Waals surface area contributed by atoms with Gasteiger partial charge in [-0.3, -0.25) is 4.98 Å². The van der Waals surface area contributed by atoms with Gasteiger partial charge in [0, 0.05) is 53.6 Å². The van der Waals surface area contributed by atoms with Crippen LogP contribution < -0.4 is 10.6 Å². The second-order valence-corrected chi connectivity index (χ2v) is 9.69. The zero-order chi connectivity index (χ0) is 21.6. The van der Waals surface area contributed by atoms with Gasteiger partial charge in [0.25, 0.3) is 0 Å². The van der Waals surface area contributed by atoms with Crippen molar-refractivity contribution in [1.82, 2.24) is 19.4 Å². The van der Waals surface area contributed by atoms with Crippen molar-refractivity contribution < 1.29 is 8.42 Å². The number of benzene rings is 1. The van der Waals surface area contributed by atoms with E-state index >= 15 is 0 Å². The Morgan fingerprint density at radius 2 is 2.10 bits per heavy atom. The number of nitriles is 1. The van der Waals surface area contributed by atoms with Crippen molar-refractivity contribution in [3.8, 4) is 17.2 Å². The van der Waals surface area contributed by atoms with Gasteiger partial charge in [-0.15, -0.1) is 4.83 Å². The van der Waals surface area contributed by atoms with Gasteiger partial charge in [0.15, 0.2) is 0 Å². The number of aromatic nitrogens is 2. The molecule has 3 aromatic rings. The number of sulfonamides is 1. The van der Waals surface area contributed by atoms with E-state index in [2.05, 4.69) is 20.5 Å². The van der Waals surface area contributed by atoms with E-state index in [-0.39, 0.29) is 6.04 Å². The maximum absolute atomic E-state index is 11.6. The summed E-state index contributed by atoms with van der Waals surface area (Å²) >= 11 is 6.47. The minimum absolute atomic E-state index is 0.0515. The average Bonchev–Trinajstić information content (AvgIpc) is 3.26. The van der Waals surface area contributed by atoms with Crippen LogP contribution in [0.4, 0.5) is 5.69 Å². The molecule has 30 heavy (non-hydrogen) atoms. The number of hydrogen-bond acceptors (Lipinski definition) is 6. The molecule has 1 aliphatic heterocycles. The summed E-state index contributed by atoms with van der Waals surface area (Å²) in [6.07, 6.45) is 7.07. The molecule has 0 amide bonds. The van der Waals surface area contributed by atoms with E-state index < -0.39 is 10.0 Å². The van der Waals surface area contributed by atoms with Crippen molar-refractivity contribution >= 4 is 38.2 Å². The largest absolute Gasteiger partial charge is 0.396 e. The van der Waals surface area contributed by atoms with Crippen LogP contribution in [0.15, 0.2) is 30.7 Å². The van der Waals surface area contributed by atoms with Gasteiger partial charge in [0.2, 0.25) is 10.0 Å². The third-order valence-corrected chi connectivity index (χ3v) is 6.36. The molecule has 0 unspecified atom stereocenters. The first kappa shape index (κ1) is 20.6. The highest BCUT2D eigenvalue weighted by Gasteiger charge is 2.28. The first-order chi connectivity index (χ1) is 14.2. The van der Waals surface area contributed by atoms with Crippen molar-refractivity contribution in [2.24, 2.45) is 0 Å². The first-order valence-corrected chi connectivity index (χ1v) is 11.6. The summed E-state index contributed by atoms with van der Waals surface area (Å²) in [5.74, 6) is 0. The predicted molar refractivity (Wildman–Crippen MR) is 117 cm³/mol. The number of aryl methyl sites for hydroxylation is 1. The molecule has 1 fully saturated rings. The topological polar surface area (TPSA) is 117 Å². The summed E-state index contributed by atoms with van der Waals surface area (Å²) in [7, 11) is -3.33. The molecule has 0 bridgehead atoms. The maximum atomic E-state index is 11.6. The molecule has 4 rings (SSSR count). The van der Waals surface area contributed by atoms with Crippen LogP contribution in [-0.2, 0) is 10.0 Å². The molecular formula is C20H21ClN6O2S. The second kappa shape index (κ2) is 7.56. The molecule has 0 saturated carbocycles. The molecule has 1 aliphatic rings. The van der Waals surface area contributed by atoms with Gasteiger partial charge >= 0.3 is 0 Å². The Labute approximate surface area is 179 Å². The quantitative estimate of drug-likeness (QED) is 0.639. The van der Waals surface area contributed by atoms with E-state index in [0.29, 0.717) is 34.9 Å². The molecule has 3 heterocycles. The van der Waals surface area contributed by atoms with E-state index in [1.165, 1.54) is 6.20 Å². The van der Waals surface area contributed by atoms with Gasteiger partial charge in [0.1, 0.15) is 0 Å². The number of nitrogen functional groups attached to an aromatic ring is 1. The van der Waals surface area contributed by atoms with Gasteiger partial charge in [-0.05, 0) is 31.0 Å². The lowest BCUT2D eigenvalue weighted by molar-refractivity contribution is 0.289. The fourth-order valence-electron chi connectivity index (χ4n) is 3.97. The second-order valence-electron chi connectivity index (χ2n) is 7.59. The van der Waals surface area contributed by atoms with Gasteiger partial charge in [0.05, 0.1) is 34.8 Å². The minimum Gasteiger partial charge on any atom is -0.396 e.